The number of aryl methyl sites for hydroxylation is 3. The molecule has 1 unspecified atom stereocenters. The van der Waals surface area contributed by atoms with Gasteiger partial charge in [-0.1, -0.05) is 55.8 Å². The van der Waals surface area contributed by atoms with Crippen molar-refractivity contribution in [1.82, 2.24) is 4.98 Å². The van der Waals surface area contributed by atoms with E-state index < -0.39 is 0 Å². The van der Waals surface area contributed by atoms with Crippen molar-refractivity contribution in [3.8, 4) is 11.3 Å². The molecule has 1 heterocycles. The third-order valence-electron chi connectivity index (χ3n) is 4.89. The first-order valence-corrected chi connectivity index (χ1v) is 10.2. The van der Waals surface area contributed by atoms with E-state index in [0.717, 1.165) is 39.6 Å². The molecule has 0 saturated heterocycles. The van der Waals surface area contributed by atoms with Crippen LogP contribution in [0.2, 0.25) is 0 Å². The van der Waals surface area contributed by atoms with Crippen LogP contribution in [0.1, 0.15) is 37.0 Å². The summed E-state index contributed by atoms with van der Waals surface area (Å²) in [6, 6.07) is 14.5. The fraction of sp³-hybridized carbons (Fsp3) is 0.304. The Hall–Kier alpha value is -2.46. The molecule has 1 aromatic heterocycles. The van der Waals surface area contributed by atoms with Gasteiger partial charge in [0, 0.05) is 16.9 Å². The fourth-order valence-corrected chi connectivity index (χ4v) is 3.75. The number of anilines is 2. The normalized spacial score (nSPS) is 12.0. The summed E-state index contributed by atoms with van der Waals surface area (Å²) in [7, 11) is 0. The average Bonchev–Trinajstić information content (AvgIpc) is 3.14. The second kappa shape index (κ2) is 8.05. The monoisotopic (exact) mass is 378 g/mol. The quantitative estimate of drug-likeness (QED) is 0.511. The van der Waals surface area contributed by atoms with Crippen molar-refractivity contribution in [3.63, 3.8) is 0 Å². The molecule has 0 radical (unpaired) electrons. The molecule has 0 aliphatic rings. The zero-order valence-corrected chi connectivity index (χ0v) is 17.4. The van der Waals surface area contributed by atoms with Gasteiger partial charge >= 0.3 is 0 Å². The van der Waals surface area contributed by atoms with E-state index in [1.807, 2.05) is 26.2 Å². The molecule has 27 heavy (non-hydrogen) atoms. The Morgan fingerprint density at radius 1 is 1.07 bits per heavy atom. The number of carbonyl (C=O) groups is 1. The molecule has 0 aliphatic heterocycles. The number of amides is 1. The van der Waals surface area contributed by atoms with Crippen LogP contribution in [0.25, 0.3) is 11.3 Å². The summed E-state index contributed by atoms with van der Waals surface area (Å²) in [5, 5.41) is 2.76. The number of carbonyl (C=O) groups excluding carboxylic acids is 1. The molecular weight excluding hydrogens is 352 g/mol. The van der Waals surface area contributed by atoms with Gasteiger partial charge in [-0.25, -0.2) is 4.98 Å². The summed E-state index contributed by atoms with van der Waals surface area (Å²) in [5.74, 6) is 0.0349. The fourth-order valence-electron chi connectivity index (χ4n) is 2.90. The van der Waals surface area contributed by atoms with E-state index >= 15 is 0 Å². The first-order chi connectivity index (χ1) is 12.9. The lowest BCUT2D eigenvalue weighted by Gasteiger charge is -2.25. The Kier molecular flexibility index (Phi) is 5.76. The van der Waals surface area contributed by atoms with Crippen LogP contribution in [-0.2, 0) is 4.79 Å². The lowest BCUT2D eigenvalue weighted by molar-refractivity contribution is -0.121. The maximum atomic E-state index is 13.2. The van der Waals surface area contributed by atoms with Crippen molar-refractivity contribution >= 4 is 28.1 Å². The van der Waals surface area contributed by atoms with E-state index in [-0.39, 0.29) is 11.8 Å². The minimum absolute atomic E-state index is 0.0587. The highest BCUT2D eigenvalue weighted by molar-refractivity contribution is 7.14. The van der Waals surface area contributed by atoms with Gasteiger partial charge in [0.05, 0.1) is 11.4 Å². The van der Waals surface area contributed by atoms with Crippen LogP contribution < -0.4 is 4.90 Å². The van der Waals surface area contributed by atoms with Crippen LogP contribution in [-0.4, -0.2) is 10.9 Å². The second-order valence-corrected chi connectivity index (χ2v) is 7.99. The number of aromatic nitrogens is 1. The molecule has 3 rings (SSSR count). The van der Waals surface area contributed by atoms with Crippen LogP contribution >= 0.6 is 11.3 Å². The molecule has 4 heteroatoms. The van der Waals surface area contributed by atoms with Crippen molar-refractivity contribution in [2.75, 3.05) is 4.90 Å². The summed E-state index contributed by atoms with van der Waals surface area (Å²) in [6.45, 7) is 10.2. The smallest absolute Gasteiger partial charge is 0.236 e. The van der Waals surface area contributed by atoms with Crippen molar-refractivity contribution in [3.05, 3.63) is 64.5 Å². The van der Waals surface area contributed by atoms with E-state index in [9.17, 15) is 4.79 Å². The van der Waals surface area contributed by atoms with Gasteiger partial charge in [-0.3, -0.25) is 9.69 Å². The highest BCUT2D eigenvalue weighted by Crippen LogP contribution is 2.35. The molecule has 0 fully saturated rings. The summed E-state index contributed by atoms with van der Waals surface area (Å²) >= 11 is 1.52. The summed E-state index contributed by atoms with van der Waals surface area (Å²) in [4.78, 5) is 19.8. The van der Waals surface area contributed by atoms with E-state index in [1.165, 1.54) is 16.9 Å². The van der Waals surface area contributed by atoms with Crippen LogP contribution in [0.5, 0.6) is 0 Å². The molecule has 1 amide bonds. The molecule has 3 nitrogen and oxygen atoms in total. The molecule has 140 valence electrons. The molecule has 0 aliphatic carbocycles. The Morgan fingerprint density at radius 2 is 1.74 bits per heavy atom. The van der Waals surface area contributed by atoms with Gasteiger partial charge in [-0.2, -0.15) is 0 Å². The van der Waals surface area contributed by atoms with E-state index in [0.29, 0.717) is 0 Å². The lowest BCUT2D eigenvalue weighted by atomic mass is 10.1. The first-order valence-electron chi connectivity index (χ1n) is 9.34. The van der Waals surface area contributed by atoms with Crippen molar-refractivity contribution < 1.29 is 4.79 Å². The zero-order valence-electron chi connectivity index (χ0n) is 16.6. The van der Waals surface area contributed by atoms with Crippen LogP contribution in [0, 0.1) is 26.7 Å². The number of hydrogen-bond donors (Lipinski definition) is 0. The van der Waals surface area contributed by atoms with Crippen molar-refractivity contribution in [2.45, 2.75) is 41.0 Å². The molecule has 0 bridgehead atoms. The molecular formula is C23H26N2OS. The van der Waals surface area contributed by atoms with Crippen LogP contribution in [0.15, 0.2) is 47.8 Å². The molecule has 1 atom stereocenters. The molecule has 0 spiro atoms. The lowest BCUT2D eigenvalue weighted by Crippen LogP contribution is -2.31. The Labute approximate surface area is 165 Å². The van der Waals surface area contributed by atoms with Gasteiger partial charge < -0.3 is 0 Å². The number of benzene rings is 2. The first kappa shape index (κ1) is 19.3. The number of hydrogen-bond acceptors (Lipinski definition) is 3. The van der Waals surface area contributed by atoms with Gasteiger partial charge in [0.1, 0.15) is 0 Å². The van der Waals surface area contributed by atoms with Gasteiger partial charge in [0.15, 0.2) is 5.13 Å². The Bertz CT molecular complexity index is 943. The Morgan fingerprint density at radius 3 is 2.41 bits per heavy atom. The van der Waals surface area contributed by atoms with Crippen LogP contribution in [0.4, 0.5) is 10.8 Å². The zero-order chi connectivity index (χ0) is 19.6. The van der Waals surface area contributed by atoms with Gasteiger partial charge in [0.2, 0.25) is 5.91 Å². The number of nitrogens with zero attached hydrogens (tertiary/aromatic N) is 2. The molecule has 2 aromatic carbocycles. The highest BCUT2D eigenvalue weighted by atomic mass is 32.1. The third-order valence-corrected chi connectivity index (χ3v) is 5.72. The van der Waals surface area contributed by atoms with Crippen LogP contribution in [0.3, 0.4) is 0 Å². The summed E-state index contributed by atoms with van der Waals surface area (Å²) in [5.41, 5.74) is 6.32. The maximum Gasteiger partial charge on any atom is 0.236 e. The van der Waals surface area contributed by atoms with E-state index in [2.05, 4.69) is 56.3 Å². The topological polar surface area (TPSA) is 33.2 Å². The van der Waals surface area contributed by atoms with Crippen molar-refractivity contribution in [2.24, 2.45) is 5.92 Å². The highest BCUT2D eigenvalue weighted by Gasteiger charge is 2.26. The standard InChI is InChI=1S/C23H26N2OS/c1-6-17(4)22(26)25(21-13-16(3)7-10-18(21)5)23-24-20(14-27-23)19-11-8-15(2)9-12-19/h7-14,17H,6H2,1-5H3. The van der Waals surface area contributed by atoms with Gasteiger partial charge in [0.25, 0.3) is 0 Å². The predicted molar refractivity (Wildman–Crippen MR) is 115 cm³/mol. The third kappa shape index (κ3) is 4.11. The maximum absolute atomic E-state index is 13.2. The SMILES string of the molecule is CCC(C)C(=O)N(c1nc(-c2ccc(C)cc2)cs1)c1cc(C)ccc1C. The van der Waals surface area contributed by atoms with Gasteiger partial charge in [-0.15, -0.1) is 11.3 Å². The summed E-state index contributed by atoms with van der Waals surface area (Å²) in [6.07, 6.45) is 0.802. The second-order valence-electron chi connectivity index (χ2n) is 7.15. The predicted octanol–water partition coefficient (Wildman–Crippen LogP) is 6.45. The molecule has 3 aromatic rings. The number of rotatable bonds is 5. The average molecular weight is 379 g/mol. The van der Waals surface area contributed by atoms with E-state index in [4.69, 9.17) is 4.98 Å². The largest absolute Gasteiger partial charge is 0.274 e. The minimum Gasteiger partial charge on any atom is -0.274 e. The molecule has 0 N–H and O–H groups in total. The minimum atomic E-state index is -0.0587. The van der Waals surface area contributed by atoms with Crippen molar-refractivity contribution in [1.29, 1.82) is 0 Å². The molecule has 0 saturated carbocycles. The summed E-state index contributed by atoms with van der Waals surface area (Å²) < 4.78 is 0. The number of thiazole rings is 1. The Balaban J connectivity index is 2.07. The van der Waals surface area contributed by atoms with E-state index in [1.54, 1.807) is 4.90 Å². The van der Waals surface area contributed by atoms with Gasteiger partial charge in [-0.05, 0) is 44.4 Å².